The van der Waals surface area contributed by atoms with E-state index in [1.54, 1.807) is 18.3 Å². The number of aromatic nitrogens is 1. The van der Waals surface area contributed by atoms with Gasteiger partial charge in [0.15, 0.2) is 5.84 Å². The second kappa shape index (κ2) is 7.90. The highest BCUT2D eigenvalue weighted by Gasteiger charge is 2.46. The Morgan fingerprint density at radius 3 is 2.58 bits per heavy atom. The molecule has 2 atom stereocenters. The van der Waals surface area contributed by atoms with Crippen LogP contribution in [0.2, 0.25) is 0 Å². The van der Waals surface area contributed by atoms with Crippen molar-refractivity contribution < 1.29 is 19.2 Å². The molecule has 3 rings (SSSR count). The van der Waals surface area contributed by atoms with Crippen molar-refractivity contribution in [3.63, 3.8) is 0 Å². The van der Waals surface area contributed by atoms with Crippen LogP contribution in [0.3, 0.4) is 0 Å². The number of likely N-dealkylation sites (tertiary alicyclic amines) is 1. The Labute approximate surface area is 150 Å². The fraction of sp³-hybridized carbons (Fsp3) is 0.389. The fourth-order valence-electron chi connectivity index (χ4n) is 3.18. The van der Waals surface area contributed by atoms with Crippen molar-refractivity contribution in [2.75, 3.05) is 6.54 Å². The molecule has 136 valence electrons. The monoisotopic (exact) mass is 356 g/mol. The van der Waals surface area contributed by atoms with Gasteiger partial charge in [0, 0.05) is 30.9 Å². The van der Waals surface area contributed by atoms with Gasteiger partial charge in [-0.25, -0.2) is 4.79 Å². The number of imide groups is 1. The smallest absolute Gasteiger partial charge is 0.335 e. The fourth-order valence-corrected chi connectivity index (χ4v) is 3.18. The number of oxime groups is 1. The van der Waals surface area contributed by atoms with E-state index in [1.807, 2.05) is 12.2 Å². The van der Waals surface area contributed by atoms with Crippen LogP contribution in [0.15, 0.2) is 41.8 Å². The van der Waals surface area contributed by atoms with Crippen molar-refractivity contribution in [3.8, 4) is 0 Å². The first-order valence-corrected chi connectivity index (χ1v) is 8.52. The van der Waals surface area contributed by atoms with Crippen LogP contribution in [-0.2, 0) is 19.2 Å². The van der Waals surface area contributed by atoms with Crippen LogP contribution in [0.5, 0.6) is 0 Å². The third kappa shape index (κ3) is 3.79. The van der Waals surface area contributed by atoms with E-state index in [-0.39, 0.29) is 42.5 Å². The molecule has 1 fully saturated rings. The number of amides is 2. The molecular formula is C18H20N4O4. The maximum atomic E-state index is 12.3. The summed E-state index contributed by atoms with van der Waals surface area (Å²) < 4.78 is 0. The minimum atomic E-state index is -0.574. The largest absolute Gasteiger partial charge is 0.380 e. The zero-order valence-electron chi connectivity index (χ0n) is 14.2. The second-order valence-corrected chi connectivity index (χ2v) is 6.27. The molecule has 0 spiro atoms. The number of hydrogen-bond donors (Lipinski definition) is 1. The van der Waals surface area contributed by atoms with Gasteiger partial charge in [0.25, 0.3) is 0 Å². The summed E-state index contributed by atoms with van der Waals surface area (Å²) in [6.07, 6.45) is 8.56. The van der Waals surface area contributed by atoms with Crippen molar-refractivity contribution in [2.24, 2.45) is 22.7 Å². The van der Waals surface area contributed by atoms with E-state index < -0.39 is 5.97 Å². The average Bonchev–Trinajstić information content (AvgIpc) is 2.92. The Bertz CT molecular complexity index is 734. The Hall–Kier alpha value is -3.03. The number of amidine groups is 1. The first-order chi connectivity index (χ1) is 12.6. The molecule has 1 aromatic rings. The Morgan fingerprint density at radius 2 is 1.96 bits per heavy atom. The Balaban J connectivity index is 1.45. The summed E-state index contributed by atoms with van der Waals surface area (Å²) in [6, 6.07) is 3.38. The lowest BCUT2D eigenvalue weighted by molar-refractivity contribution is -0.145. The van der Waals surface area contributed by atoms with Crippen LogP contribution < -0.4 is 5.73 Å². The zero-order chi connectivity index (χ0) is 18.5. The molecule has 1 aliphatic carbocycles. The quantitative estimate of drug-likeness (QED) is 0.203. The van der Waals surface area contributed by atoms with Crippen molar-refractivity contribution in [1.82, 2.24) is 9.88 Å². The third-order valence-corrected chi connectivity index (χ3v) is 4.56. The molecule has 1 saturated heterocycles. The molecule has 0 bridgehead atoms. The molecule has 1 aromatic heterocycles. The molecule has 0 aromatic carbocycles. The van der Waals surface area contributed by atoms with Gasteiger partial charge in [-0.15, -0.1) is 0 Å². The summed E-state index contributed by atoms with van der Waals surface area (Å²) >= 11 is 0. The van der Waals surface area contributed by atoms with Gasteiger partial charge >= 0.3 is 5.97 Å². The highest BCUT2D eigenvalue weighted by molar-refractivity contribution is 6.05. The number of allylic oxidation sites excluding steroid dienone is 2. The zero-order valence-corrected chi connectivity index (χ0v) is 14.2. The van der Waals surface area contributed by atoms with Gasteiger partial charge in [0.05, 0.1) is 11.8 Å². The van der Waals surface area contributed by atoms with Gasteiger partial charge in [-0.3, -0.25) is 19.5 Å². The van der Waals surface area contributed by atoms with Crippen LogP contribution in [0.1, 0.15) is 31.2 Å². The molecule has 8 nitrogen and oxygen atoms in total. The summed E-state index contributed by atoms with van der Waals surface area (Å²) in [4.78, 5) is 46.3. The molecule has 2 heterocycles. The highest BCUT2D eigenvalue weighted by Crippen LogP contribution is 2.35. The molecule has 0 saturated carbocycles. The molecule has 0 unspecified atom stereocenters. The summed E-state index contributed by atoms with van der Waals surface area (Å²) in [5.41, 5.74) is 6.25. The number of pyridine rings is 1. The summed E-state index contributed by atoms with van der Waals surface area (Å²) in [7, 11) is 0. The number of carbonyl (C=O) groups is 3. The van der Waals surface area contributed by atoms with Crippen LogP contribution in [0.4, 0.5) is 0 Å². The van der Waals surface area contributed by atoms with Crippen LogP contribution in [0.25, 0.3) is 0 Å². The van der Waals surface area contributed by atoms with E-state index >= 15 is 0 Å². The van der Waals surface area contributed by atoms with Gasteiger partial charge < -0.3 is 10.6 Å². The maximum absolute atomic E-state index is 12.3. The SMILES string of the molecule is N/C(=N\OC(=O)CCCN1C(=O)[C@H]2CC=CC[C@@H]2C1=O)c1cccnc1. The molecular weight excluding hydrogens is 336 g/mol. The normalized spacial score (nSPS) is 22.5. The summed E-state index contributed by atoms with van der Waals surface area (Å²) in [6.45, 7) is 0.210. The Kier molecular flexibility index (Phi) is 5.40. The summed E-state index contributed by atoms with van der Waals surface area (Å²) in [5.74, 6) is -1.30. The van der Waals surface area contributed by atoms with Crippen molar-refractivity contribution >= 4 is 23.6 Å². The number of fused-ring (bicyclic) bond motifs is 1. The van der Waals surface area contributed by atoms with Gasteiger partial charge in [0.1, 0.15) is 0 Å². The predicted octanol–water partition coefficient (Wildman–Crippen LogP) is 0.976. The lowest BCUT2D eigenvalue weighted by Crippen LogP contribution is -2.32. The molecule has 0 radical (unpaired) electrons. The van der Waals surface area contributed by atoms with E-state index in [0.717, 1.165) is 0 Å². The standard InChI is InChI=1S/C18H20N4O4/c19-16(12-5-3-9-20-11-12)21-26-15(23)8-4-10-22-17(24)13-6-1-2-7-14(13)18(22)25/h1-3,5,9,11,13-14H,4,6-8,10H2,(H2,19,21)/t13-,14-/m0/s1. The van der Waals surface area contributed by atoms with Crippen molar-refractivity contribution in [2.45, 2.75) is 25.7 Å². The van der Waals surface area contributed by atoms with E-state index in [0.29, 0.717) is 24.8 Å². The topological polar surface area (TPSA) is 115 Å². The van der Waals surface area contributed by atoms with Gasteiger partial charge in [0.2, 0.25) is 11.8 Å². The molecule has 1 aliphatic heterocycles. The maximum Gasteiger partial charge on any atom is 0.335 e. The first-order valence-electron chi connectivity index (χ1n) is 8.52. The first kappa shape index (κ1) is 17.8. The number of carbonyl (C=O) groups excluding carboxylic acids is 3. The van der Waals surface area contributed by atoms with Crippen LogP contribution in [-0.4, -0.2) is 40.0 Å². The number of nitrogens with zero attached hydrogens (tertiary/aromatic N) is 3. The summed E-state index contributed by atoms with van der Waals surface area (Å²) in [5, 5.41) is 3.58. The number of rotatable bonds is 6. The van der Waals surface area contributed by atoms with Gasteiger partial charge in [-0.1, -0.05) is 17.3 Å². The number of hydrogen-bond acceptors (Lipinski definition) is 6. The number of nitrogens with two attached hydrogens (primary N) is 1. The second-order valence-electron chi connectivity index (χ2n) is 6.27. The van der Waals surface area contributed by atoms with E-state index in [9.17, 15) is 14.4 Å². The Morgan fingerprint density at radius 1 is 1.27 bits per heavy atom. The molecule has 2 amide bonds. The molecule has 2 aliphatic rings. The predicted molar refractivity (Wildman–Crippen MR) is 92.4 cm³/mol. The molecule has 26 heavy (non-hydrogen) atoms. The van der Waals surface area contributed by atoms with Gasteiger partial charge in [-0.05, 0) is 31.4 Å². The van der Waals surface area contributed by atoms with Crippen LogP contribution in [0, 0.1) is 11.8 Å². The average molecular weight is 356 g/mol. The van der Waals surface area contributed by atoms with E-state index in [2.05, 4.69) is 10.1 Å². The van der Waals surface area contributed by atoms with E-state index in [1.165, 1.54) is 11.1 Å². The molecule has 8 heteroatoms. The van der Waals surface area contributed by atoms with Gasteiger partial charge in [-0.2, -0.15) is 0 Å². The minimum Gasteiger partial charge on any atom is -0.380 e. The van der Waals surface area contributed by atoms with Crippen molar-refractivity contribution in [1.29, 1.82) is 0 Å². The molecule has 2 N–H and O–H groups in total. The highest BCUT2D eigenvalue weighted by atomic mass is 16.7. The van der Waals surface area contributed by atoms with Crippen molar-refractivity contribution in [3.05, 3.63) is 42.2 Å². The minimum absolute atomic E-state index is 0.0362. The lowest BCUT2D eigenvalue weighted by atomic mass is 9.85. The third-order valence-electron chi connectivity index (χ3n) is 4.56. The van der Waals surface area contributed by atoms with E-state index in [4.69, 9.17) is 10.6 Å². The van der Waals surface area contributed by atoms with Crippen LogP contribution >= 0.6 is 0 Å². The lowest BCUT2D eigenvalue weighted by Gasteiger charge is -2.14.